The van der Waals surface area contributed by atoms with E-state index < -0.39 is 0 Å². The van der Waals surface area contributed by atoms with Gasteiger partial charge in [0.1, 0.15) is 24.0 Å². The highest BCUT2D eigenvalue weighted by molar-refractivity contribution is 5.32. The molecule has 0 spiro atoms. The summed E-state index contributed by atoms with van der Waals surface area (Å²) in [5.74, 6) is 0. The molecule has 0 aromatic carbocycles. The third-order valence-electron chi connectivity index (χ3n) is 1.37. The molecule has 0 radical (unpaired) electrons. The van der Waals surface area contributed by atoms with Crippen molar-refractivity contribution < 1.29 is 0 Å². The van der Waals surface area contributed by atoms with Gasteiger partial charge in [-0.2, -0.15) is 0 Å². The summed E-state index contributed by atoms with van der Waals surface area (Å²) in [7, 11) is 0. The second-order valence-corrected chi connectivity index (χ2v) is 2.39. The Hall–Kier alpha value is -2.24. The van der Waals surface area contributed by atoms with Crippen LogP contribution in [0, 0.1) is 0 Å². The van der Waals surface area contributed by atoms with Crippen LogP contribution < -0.4 is 0 Å². The summed E-state index contributed by atoms with van der Waals surface area (Å²) in [6, 6.07) is 0. The maximum absolute atomic E-state index is 3.90. The van der Waals surface area contributed by atoms with Crippen molar-refractivity contribution in [1.82, 2.24) is 19.9 Å². The van der Waals surface area contributed by atoms with Gasteiger partial charge in [0.25, 0.3) is 0 Å². The summed E-state index contributed by atoms with van der Waals surface area (Å²) in [5.41, 5.74) is 1.19. The fraction of sp³-hybridized carbons (Fsp3) is 0. The van der Waals surface area contributed by atoms with Crippen LogP contribution in [-0.4, -0.2) is 19.9 Å². The van der Waals surface area contributed by atoms with Crippen molar-refractivity contribution in [3.63, 3.8) is 0 Å². The average molecular weight is 186 g/mol. The van der Waals surface area contributed by atoms with Crippen molar-refractivity contribution in [3.05, 3.63) is 37.4 Å². The van der Waals surface area contributed by atoms with Gasteiger partial charge in [-0.3, -0.25) is 0 Å². The highest BCUT2D eigenvalue weighted by Crippen LogP contribution is 2.13. The molecule has 0 saturated heterocycles. The summed E-state index contributed by atoms with van der Waals surface area (Å²) >= 11 is 0. The van der Waals surface area contributed by atoms with E-state index in [1.807, 2.05) is 0 Å². The van der Waals surface area contributed by atoms with Crippen LogP contribution >= 0.6 is 0 Å². The number of aromatic nitrogens is 4. The van der Waals surface area contributed by atoms with E-state index in [-0.39, 0.29) is 0 Å². The molecule has 6 heteroatoms. The molecule has 0 aliphatic rings. The highest BCUT2D eigenvalue weighted by Gasteiger charge is 1.89. The molecule has 0 saturated carbocycles. The Morgan fingerprint density at radius 2 is 1.00 bits per heavy atom. The molecule has 6 nitrogen and oxygen atoms in total. The van der Waals surface area contributed by atoms with Crippen LogP contribution in [0.3, 0.4) is 0 Å². The molecule has 2 rings (SSSR count). The Labute approximate surface area is 79.8 Å². The lowest BCUT2D eigenvalue weighted by Crippen LogP contribution is -1.74. The monoisotopic (exact) mass is 186 g/mol. The molecule has 0 fully saturated rings. The molecule has 0 amide bonds. The van der Waals surface area contributed by atoms with E-state index in [1.165, 1.54) is 12.7 Å². The van der Waals surface area contributed by atoms with Gasteiger partial charge in [0.15, 0.2) is 0 Å². The van der Waals surface area contributed by atoms with E-state index in [2.05, 4.69) is 30.2 Å². The largest absolute Gasteiger partial charge is 0.243 e. The molecule has 0 N–H and O–H groups in total. The third kappa shape index (κ3) is 2.13. The lowest BCUT2D eigenvalue weighted by atomic mass is 10.5. The van der Waals surface area contributed by atoms with Gasteiger partial charge in [-0.15, -0.1) is 10.2 Å². The number of nitrogens with zero attached hydrogens (tertiary/aromatic N) is 6. The van der Waals surface area contributed by atoms with Gasteiger partial charge in [0.2, 0.25) is 0 Å². The van der Waals surface area contributed by atoms with Crippen molar-refractivity contribution >= 4 is 11.4 Å². The Bertz CT molecular complexity index is 371. The quantitative estimate of drug-likeness (QED) is 0.668. The zero-order chi connectivity index (χ0) is 9.64. The molecule has 14 heavy (non-hydrogen) atoms. The molecule has 2 heterocycles. The topological polar surface area (TPSA) is 76.3 Å². The number of rotatable bonds is 2. The summed E-state index contributed by atoms with van der Waals surface area (Å²) in [6.45, 7) is 0. The number of azo groups is 1. The molecule has 2 aromatic rings. The van der Waals surface area contributed by atoms with Crippen molar-refractivity contribution in [3.8, 4) is 0 Å². The number of hydrogen-bond donors (Lipinski definition) is 0. The molecule has 2 aromatic heterocycles. The van der Waals surface area contributed by atoms with Gasteiger partial charge in [0, 0.05) is 0 Å². The van der Waals surface area contributed by atoms with Crippen LogP contribution in [0.4, 0.5) is 11.4 Å². The predicted octanol–water partition coefficient (Wildman–Crippen LogP) is 1.68. The van der Waals surface area contributed by atoms with Crippen LogP contribution in [-0.2, 0) is 0 Å². The molecule has 0 atom stereocenters. The van der Waals surface area contributed by atoms with Crippen molar-refractivity contribution in [2.24, 2.45) is 10.2 Å². The van der Waals surface area contributed by atoms with Crippen molar-refractivity contribution in [2.75, 3.05) is 0 Å². The fourth-order valence-corrected chi connectivity index (χ4v) is 0.801. The van der Waals surface area contributed by atoms with E-state index >= 15 is 0 Å². The van der Waals surface area contributed by atoms with Crippen LogP contribution in [0.25, 0.3) is 0 Å². The summed E-state index contributed by atoms with van der Waals surface area (Å²) < 4.78 is 0. The first kappa shape index (κ1) is 8.36. The standard InChI is InChI=1S/C8H6N6/c1-7(2-10-5-9-1)13-14-8-3-11-6-12-4-8/h1-6H/b14-13+. The van der Waals surface area contributed by atoms with Crippen LogP contribution in [0.5, 0.6) is 0 Å². The molecule has 0 aliphatic heterocycles. The van der Waals surface area contributed by atoms with Gasteiger partial charge >= 0.3 is 0 Å². The lowest BCUT2D eigenvalue weighted by Gasteiger charge is -1.89. The SMILES string of the molecule is c1ncc(/N=N/c2cncnc2)cn1. The molecular weight excluding hydrogens is 180 g/mol. The van der Waals surface area contributed by atoms with Gasteiger partial charge in [-0.05, 0) is 0 Å². The average Bonchev–Trinajstić information content (AvgIpc) is 2.29. The van der Waals surface area contributed by atoms with Crippen LogP contribution in [0.2, 0.25) is 0 Å². The molecular formula is C8H6N6. The molecule has 68 valence electrons. The summed E-state index contributed by atoms with van der Waals surface area (Å²) in [4.78, 5) is 15.2. The first-order valence-corrected chi connectivity index (χ1v) is 3.87. The Morgan fingerprint density at radius 3 is 1.36 bits per heavy atom. The molecule has 0 unspecified atom stereocenters. The van der Waals surface area contributed by atoms with Gasteiger partial charge in [-0.1, -0.05) is 0 Å². The van der Waals surface area contributed by atoms with E-state index in [4.69, 9.17) is 0 Å². The van der Waals surface area contributed by atoms with Gasteiger partial charge in [-0.25, -0.2) is 19.9 Å². The summed E-state index contributed by atoms with van der Waals surface area (Å²) in [5, 5.41) is 7.79. The smallest absolute Gasteiger partial charge is 0.122 e. The van der Waals surface area contributed by atoms with Gasteiger partial charge < -0.3 is 0 Å². The first-order valence-electron chi connectivity index (χ1n) is 3.87. The van der Waals surface area contributed by atoms with Crippen molar-refractivity contribution in [1.29, 1.82) is 0 Å². The van der Waals surface area contributed by atoms with Crippen LogP contribution in [0.1, 0.15) is 0 Å². The Morgan fingerprint density at radius 1 is 0.643 bits per heavy atom. The summed E-state index contributed by atoms with van der Waals surface area (Å²) in [6.07, 6.45) is 9.15. The highest BCUT2D eigenvalue weighted by atomic mass is 15.1. The minimum absolute atomic E-state index is 0.594. The van der Waals surface area contributed by atoms with E-state index in [9.17, 15) is 0 Å². The zero-order valence-corrected chi connectivity index (χ0v) is 7.15. The first-order chi connectivity index (χ1) is 6.95. The van der Waals surface area contributed by atoms with Crippen LogP contribution in [0.15, 0.2) is 47.7 Å². The van der Waals surface area contributed by atoms with Crippen molar-refractivity contribution in [2.45, 2.75) is 0 Å². The zero-order valence-electron chi connectivity index (χ0n) is 7.15. The second-order valence-electron chi connectivity index (χ2n) is 2.39. The molecule has 0 bridgehead atoms. The molecule has 0 aliphatic carbocycles. The van der Waals surface area contributed by atoms with E-state index in [0.29, 0.717) is 11.4 Å². The van der Waals surface area contributed by atoms with E-state index in [0.717, 1.165) is 0 Å². The second kappa shape index (κ2) is 4.13. The minimum atomic E-state index is 0.594. The normalized spacial score (nSPS) is 10.6. The maximum Gasteiger partial charge on any atom is 0.122 e. The number of hydrogen-bond acceptors (Lipinski definition) is 6. The lowest BCUT2D eigenvalue weighted by molar-refractivity contribution is 1.09. The van der Waals surface area contributed by atoms with Gasteiger partial charge in [0.05, 0.1) is 24.8 Å². The van der Waals surface area contributed by atoms with E-state index in [1.54, 1.807) is 24.8 Å². The third-order valence-corrected chi connectivity index (χ3v) is 1.37. The Kier molecular flexibility index (Phi) is 2.46. The predicted molar refractivity (Wildman–Crippen MR) is 48.2 cm³/mol. The fourth-order valence-electron chi connectivity index (χ4n) is 0.801. The Balaban J connectivity index is 2.16. The minimum Gasteiger partial charge on any atom is -0.243 e. The maximum atomic E-state index is 3.90.